The van der Waals surface area contributed by atoms with E-state index in [4.69, 9.17) is 4.74 Å². The van der Waals surface area contributed by atoms with Gasteiger partial charge in [0, 0.05) is 11.8 Å². The van der Waals surface area contributed by atoms with Gasteiger partial charge in [0.2, 0.25) is 0 Å². The van der Waals surface area contributed by atoms with Gasteiger partial charge in [-0.15, -0.1) is 0 Å². The third-order valence-electron chi connectivity index (χ3n) is 4.16. The van der Waals surface area contributed by atoms with Crippen molar-refractivity contribution < 1.29 is 9.84 Å². The predicted molar refractivity (Wildman–Crippen MR) is 69.5 cm³/mol. The first-order valence-corrected chi connectivity index (χ1v) is 6.25. The van der Waals surface area contributed by atoms with E-state index in [1.165, 1.54) is 16.7 Å². The zero-order valence-corrected chi connectivity index (χ0v) is 11.4. The summed E-state index contributed by atoms with van der Waals surface area (Å²) in [5, 5.41) is 9.72. The Balaban J connectivity index is 2.20. The van der Waals surface area contributed by atoms with Crippen LogP contribution in [0.25, 0.3) is 0 Å². The highest BCUT2D eigenvalue weighted by molar-refractivity contribution is 5.42. The van der Waals surface area contributed by atoms with Crippen LogP contribution in [0.5, 0.6) is 5.75 Å². The Morgan fingerprint density at radius 2 is 1.88 bits per heavy atom. The number of rotatable bonds is 2. The summed E-state index contributed by atoms with van der Waals surface area (Å²) in [7, 11) is 0. The van der Waals surface area contributed by atoms with Crippen molar-refractivity contribution in [3.63, 3.8) is 0 Å². The highest BCUT2D eigenvalue weighted by Gasteiger charge is 2.49. The molecule has 0 aliphatic heterocycles. The molecule has 1 N–H and O–H groups in total. The summed E-state index contributed by atoms with van der Waals surface area (Å²) in [6.07, 6.45) is 0.621. The van der Waals surface area contributed by atoms with E-state index < -0.39 is 0 Å². The van der Waals surface area contributed by atoms with E-state index in [9.17, 15) is 5.11 Å². The minimum atomic E-state index is -0.237. The third-order valence-corrected chi connectivity index (χ3v) is 4.16. The number of benzene rings is 1. The van der Waals surface area contributed by atoms with Crippen LogP contribution in [0.3, 0.4) is 0 Å². The highest BCUT2D eigenvalue weighted by Crippen LogP contribution is 2.43. The van der Waals surface area contributed by atoms with Crippen molar-refractivity contribution in [3.8, 4) is 5.75 Å². The van der Waals surface area contributed by atoms with Crippen molar-refractivity contribution in [1.82, 2.24) is 0 Å². The SMILES string of the molecule is Cc1cc(C)c(C)c(OC2CC(O)C2(C)C)c1. The molecule has 2 nitrogen and oxygen atoms in total. The Hall–Kier alpha value is -1.02. The summed E-state index contributed by atoms with van der Waals surface area (Å²) in [6.45, 7) is 10.4. The quantitative estimate of drug-likeness (QED) is 0.851. The number of aliphatic hydroxyl groups excluding tert-OH is 1. The van der Waals surface area contributed by atoms with Crippen molar-refractivity contribution in [1.29, 1.82) is 0 Å². The molecule has 94 valence electrons. The molecule has 0 amide bonds. The van der Waals surface area contributed by atoms with Crippen LogP contribution >= 0.6 is 0 Å². The molecule has 17 heavy (non-hydrogen) atoms. The molecule has 1 saturated carbocycles. The number of aliphatic hydroxyl groups is 1. The molecule has 0 radical (unpaired) electrons. The fourth-order valence-electron chi connectivity index (χ4n) is 2.34. The summed E-state index contributed by atoms with van der Waals surface area (Å²) in [4.78, 5) is 0. The topological polar surface area (TPSA) is 29.5 Å². The predicted octanol–water partition coefficient (Wildman–Crippen LogP) is 3.15. The lowest BCUT2D eigenvalue weighted by Crippen LogP contribution is -2.56. The molecule has 2 heteroatoms. The average Bonchev–Trinajstić information content (AvgIpc) is 2.24. The van der Waals surface area contributed by atoms with Crippen LogP contribution in [0, 0.1) is 26.2 Å². The smallest absolute Gasteiger partial charge is 0.123 e. The van der Waals surface area contributed by atoms with Crippen molar-refractivity contribution in [2.75, 3.05) is 0 Å². The molecule has 0 saturated heterocycles. The molecule has 1 aliphatic carbocycles. The number of hydrogen-bond acceptors (Lipinski definition) is 2. The fraction of sp³-hybridized carbons (Fsp3) is 0.600. The molecule has 0 bridgehead atoms. The number of hydrogen-bond donors (Lipinski definition) is 1. The van der Waals surface area contributed by atoms with Crippen LogP contribution < -0.4 is 4.74 Å². The first kappa shape index (κ1) is 12.4. The van der Waals surface area contributed by atoms with Gasteiger partial charge in [0.1, 0.15) is 11.9 Å². The maximum absolute atomic E-state index is 9.72. The molecule has 0 spiro atoms. The second kappa shape index (κ2) is 4.02. The lowest BCUT2D eigenvalue weighted by Gasteiger charge is -2.48. The van der Waals surface area contributed by atoms with Gasteiger partial charge < -0.3 is 9.84 Å². The van der Waals surface area contributed by atoms with Gasteiger partial charge in [0.05, 0.1) is 6.10 Å². The van der Waals surface area contributed by atoms with Crippen LogP contribution in [0.2, 0.25) is 0 Å². The van der Waals surface area contributed by atoms with Gasteiger partial charge in [-0.3, -0.25) is 0 Å². The van der Waals surface area contributed by atoms with Gasteiger partial charge in [0.15, 0.2) is 0 Å². The lowest BCUT2D eigenvalue weighted by atomic mass is 9.66. The van der Waals surface area contributed by atoms with Gasteiger partial charge in [-0.25, -0.2) is 0 Å². The monoisotopic (exact) mass is 234 g/mol. The van der Waals surface area contributed by atoms with Gasteiger partial charge in [0.25, 0.3) is 0 Å². The number of aryl methyl sites for hydroxylation is 2. The maximum atomic E-state index is 9.72. The standard InChI is InChI=1S/C15H22O2/c1-9-6-10(2)11(3)12(7-9)17-14-8-13(16)15(14,4)5/h6-7,13-14,16H,8H2,1-5H3. The van der Waals surface area contributed by atoms with Crippen LogP contribution in [0.15, 0.2) is 12.1 Å². The first-order chi connectivity index (χ1) is 7.82. The Kier molecular flexibility index (Phi) is 2.94. The molecule has 2 rings (SSSR count). The normalized spacial score (nSPS) is 26.5. The zero-order chi connectivity index (χ0) is 12.8. The minimum Gasteiger partial charge on any atom is -0.489 e. The van der Waals surface area contributed by atoms with E-state index in [-0.39, 0.29) is 17.6 Å². The summed E-state index contributed by atoms with van der Waals surface area (Å²) < 4.78 is 6.07. The third kappa shape index (κ3) is 2.06. The van der Waals surface area contributed by atoms with Gasteiger partial charge >= 0.3 is 0 Å². The molecular weight excluding hydrogens is 212 g/mol. The molecule has 1 aromatic carbocycles. The maximum Gasteiger partial charge on any atom is 0.123 e. The van der Waals surface area contributed by atoms with Crippen LogP contribution in [-0.2, 0) is 0 Å². The Morgan fingerprint density at radius 3 is 2.41 bits per heavy atom. The molecule has 1 aromatic rings. The highest BCUT2D eigenvalue weighted by atomic mass is 16.5. The van der Waals surface area contributed by atoms with Crippen molar-refractivity contribution >= 4 is 0 Å². The van der Waals surface area contributed by atoms with Crippen LogP contribution in [-0.4, -0.2) is 17.3 Å². The van der Waals surface area contributed by atoms with Crippen molar-refractivity contribution in [3.05, 3.63) is 28.8 Å². The largest absolute Gasteiger partial charge is 0.489 e. The Bertz CT molecular complexity index is 435. The van der Waals surface area contributed by atoms with E-state index >= 15 is 0 Å². The van der Waals surface area contributed by atoms with Crippen molar-refractivity contribution in [2.45, 2.75) is 53.2 Å². The number of ether oxygens (including phenoxy) is 1. The fourth-order valence-corrected chi connectivity index (χ4v) is 2.34. The molecule has 0 aromatic heterocycles. The minimum absolute atomic E-state index is 0.123. The van der Waals surface area contributed by atoms with Crippen LogP contribution in [0.4, 0.5) is 0 Å². The van der Waals surface area contributed by atoms with E-state index in [0.717, 1.165) is 12.2 Å². The molecule has 2 atom stereocenters. The van der Waals surface area contributed by atoms with E-state index in [1.807, 2.05) is 0 Å². The molecule has 2 unspecified atom stereocenters. The van der Waals surface area contributed by atoms with E-state index in [0.29, 0.717) is 0 Å². The summed E-state index contributed by atoms with van der Waals surface area (Å²) in [6, 6.07) is 4.26. The van der Waals surface area contributed by atoms with E-state index in [2.05, 4.69) is 46.8 Å². The Labute approximate surface area is 104 Å². The molecule has 1 fully saturated rings. The molecular formula is C15H22O2. The molecule has 1 aliphatic rings. The van der Waals surface area contributed by atoms with Gasteiger partial charge in [-0.05, 0) is 43.5 Å². The lowest BCUT2D eigenvalue weighted by molar-refractivity contribution is -0.134. The average molecular weight is 234 g/mol. The summed E-state index contributed by atoms with van der Waals surface area (Å²) in [5.74, 6) is 0.965. The van der Waals surface area contributed by atoms with Crippen molar-refractivity contribution in [2.24, 2.45) is 5.41 Å². The van der Waals surface area contributed by atoms with Gasteiger partial charge in [-0.1, -0.05) is 19.9 Å². The summed E-state index contributed by atoms with van der Waals surface area (Å²) >= 11 is 0. The Morgan fingerprint density at radius 1 is 1.24 bits per heavy atom. The second-order valence-corrected chi connectivity index (χ2v) is 5.88. The summed E-state index contributed by atoms with van der Waals surface area (Å²) in [5.41, 5.74) is 3.55. The second-order valence-electron chi connectivity index (χ2n) is 5.88. The van der Waals surface area contributed by atoms with E-state index in [1.54, 1.807) is 0 Å². The first-order valence-electron chi connectivity index (χ1n) is 6.25. The van der Waals surface area contributed by atoms with Crippen LogP contribution in [0.1, 0.15) is 37.0 Å². The van der Waals surface area contributed by atoms with Gasteiger partial charge in [-0.2, -0.15) is 0 Å². The zero-order valence-electron chi connectivity index (χ0n) is 11.4. The molecule has 0 heterocycles.